The highest BCUT2D eigenvalue weighted by atomic mass is 16.5. The first kappa shape index (κ1) is 20.2. The molecule has 0 saturated carbocycles. The van der Waals surface area contributed by atoms with Gasteiger partial charge >= 0.3 is 0 Å². The fourth-order valence-electron chi connectivity index (χ4n) is 4.05. The highest BCUT2D eigenvalue weighted by Gasteiger charge is 2.38. The summed E-state index contributed by atoms with van der Waals surface area (Å²) in [6.45, 7) is 10.4. The van der Waals surface area contributed by atoms with Crippen LogP contribution in [0.3, 0.4) is 0 Å². The smallest absolute Gasteiger partial charge is 0.127 e. The summed E-state index contributed by atoms with van der Waals surface area (Å²) >= 11 is 0. The summed E-state index contributed by atoms with van der Waals surface area (Å²) in [7, 11) is 0. The zero-order valence-electron chi connectivity index (χ0n) is 16.6. The molecule has 1 aliphatic rings. The average Bonchev–Trinajstić information content (AvgIpc) is 2.64. The molecule has 0 bridgehead atoms. The van der Waals surface area contributed by atoms with E-state index in [-0.39, 0.29) is 11.9 Å². The van der Waals surface area contributed by atoms with Crippen LogP contribution in [0.25, 0.3) is 0 Å². The van der Waals surface area contributed by atoms with E-state index in [1.54, 1.807) is 18.2 Å². The predicted octanol–water partition coefficient (Wildman–Crippen LogP) is 6.48. The Kier molecular flexibility index (Phi) is 6.96. The normalized spacial score (nSPS) is 21.2. The van der Waals surface area contributed by atoms with Crippen LogP contribution in [0.4, 0.5) is 0 Å². The molecule has 0 radical (unpaired) electrons. The van der Waals surface area contributed by atoms with Crippen LogP contribution in [-0.4, -0.2) is 10.2 Å². The molecule has 0 aliphatic carbocycles. The lowest BCUT2D eigenvalue weighted by atomic mass is 9.74. The van der Waals surface area contributed by atoms with Gasteiger partial charge < -0.3 is 14.9 Å². The summed E-state index contributed by atoms with van der Waals surface area (Å²) in [6, 6.07) is 10.9. The SMILES string of the molecule is CC.CCCC1c2cc(O)ccc2OC(c2ccc(O)cc2C)C1CC. The van der Waals surface area contributed by atoms with Gasteiger partial charge in [0.25, 0.3) is 0 Å². The van der Waals surface area contributed by atoms with Crippen LogP contribution in [0, 0.1) is 12.8 Å². The molecular weight excluding hydrogens is 324 g/mol. The van der Waals surface area contributed by atoms with Crippen LogP contribution in [0.5, 0.6) is 17.2 Å². The number of rotatable bonds is 4. The Hall–Kier alpha value is -2.16. The van der Waals surface area contributed by atoms with E-state index in [9.17, 15) is 10.2 Å². The Bertz CT molecular complexity index is 723. The predicted molar refractivity (Wildman–Crippen MR) is 107 cm³/mol. The zero-order valence-corrected chi connectivity index (χ0v) is 16.6. The molecule has 2 aromatic carbocycles. The van der Waals surface area contributed by atoms with Gasteiger partial charge in [-0.2, -0.15) is 0 Å². The van der Waals surface area contributed by atoms with Crippen LogP contribution >= 0.6 is 0 Å². The molecule has 1 heterocycles. The first-order valence-electron chi connectivity index (χ1n) is 9.84. The fraction of sp³-hybridized carbons (Fsp3) is 0.478. The molecule has 0 aromatic heterocycles. The molecule has 2 N–H and O–H groups in total. The number of phenolic OH excluding ortho intramolecular Hbond substituents is 2. The number of fused-ring (bicyclic) bond motifs is 1. The molecule has 0 spiro atoms. The Morgan fingerprint density at radius 1 is 0.923 bits per heavy atom. The first-order chi connectivity index (χ1) is 12.5. The Balaban J connectivity index is 0.00000117. The van der Waals surface area contributed by atoms with E-state index < -0.39 is 0 Å². The molecule has 0 fully saturated rings. The van der Waals surface area contributed by atoms with Crippen molar-refractivity contribution >= 4 is 0 Å². The molecule has 3 unspecified atom stereocenters. The summed E-state index contributed by atoms with van der Waals surface area (Å²) in [5, 5.41) is 19.6. The maximum absolute atomic E-state index is 9.91. The van der Waals surface area contributed by atoms with Crippen LogP contribution in [-0.2, 0) is 0 Å². The maximum Gasteiger partial charge on any atom is 0.127 e. The van der Waals surface area contributed by atoms with E-state index in [1.807, 2.05) is 39.0 Å². The van der Waals surface area contributed by atoms with Gasteiger partial charge in [-0.15, -0.1) is 0 Å². The van der Waals surface area contributed by atoms with Crippen molar-refractivity contribution in [2.45, 2.75) is 65.9 Å². The van der Waals surface area contributed by atoms with E-state index in [0.29, 0.717) is 17.6 Å². The zero-order chi connectivity index (χ0) is 19.3. The number of hydrogen-bond donors (Lipinski definition) is 2. The third-order valence-corrected chi connectivity index (χ3v) is 5.18. The lowest BCUT2D eigenvalue weighted by Gasteiger charge is -2.40. The van der Waals surface area contributed by atoms with E-state index in [4.69, 9.17) is 4.74 Å². The lowest BCUT2D eigenvalue weighted by molar-refractivity contribution is 0.0847. The summed E-state index contributed by atoms with van der Waals surface area (Å²) in [5.74, 6) is 2.17. The van der Waals surface area contributed by atoms with Gasteiger partial charge in [-0.1, -0.05) is 40.2 Å². The van der Waals surface area contributed by atoms with E-state index in [0.717, 1.165) is 41.7 Å². The summed E-state index contributed by atoms with van der Waals surface area (Å²) in [6.07, 6.45) is 3.15. The van der Waals surface area contributed by atoms with Gasteiger partial charge in [0.15, 0.2) is 0 Å². The second-order valence-electron chi connectivity index (χ2n) is 6.77. The highest BCUT2D eigenvalue weighted by molar-refractivity contribution is 5.46. The second kappa shape index (κ2) is 8.98. The third kappa shape index (κ3) is 3.98. The average molecular weight is 357 g/mol. The number of phenols is 2. The molecule has 3 atom stereocenters. The molecule has 26 heavy (non-hydrogen) atoms. The van der Waals surface area contributed by atoms with Crippen LogP contribution in [0.2, 0.25) is 0 Å². The molecule has 0 saturated heterocycles. The number of aryl methyl sites for hydroxylation is 1. The number of benzene rings is 2. The largest absolute Gasteiger partial charge is 0.508 e. The second-order valence-corrected chi connectivity index (χ2v) is 6.77. The van der Waals surface area contributed by atoms with Crippen molar-refractivity contribution in [2.75, 3.05) is 0 Å². The van der Waals surface area contributed by atoms with Gasteiger partial charge in [0.2, 0.25) is 0 Å². The molecule has 3 nitrogen and oxygen atoms in total. The molecule has 142 valence electrons. The minimum absolute atomic E-state index is 0.0239. The van der Waals surface area contributed by atoms with Gasteiger partial charge in [0, 0.05) is 11.5 Å². The standard InChI is InChI=1S/C21H26O3.C2H6/c1-4-6-18-16(5-2)21(17-9-7-14(22)11-13(17)3)24-20-10-8-15(23)12-19(18)20;1-2/h7-12,16,18,21-23H,4-6H2,1-3H3;1-2H3. The van der Waals surface area contributed by atoms with Crippen molar-refractivity contribution in [1.29, 1.82) is 0 Å². The van der Waals surface area contributed by atoms with E-state index >= 15 is 0 Å². The van der Waals surface area contributed by atoms with Gasteiger partial charge in [-0.3, -0.25) is 0 Å². The summed E-state index contributed by atoms with van der Waals surface area (Å²) < 4.78 is 6.38. The fourth-order valence-corrected chi connectivity index (χ4v) is 4.05. The third-order valence-electron chi connectivity index (χ3n) is 5.18. The molecular formula is C23H32O3. The van der Waals surface area contributed by atoms with E-state index in [2.05, 4.69) is 13.8 Å². The van der Waals surface area contributed by atoms with Crippen molar-refractivity contribution in [1.82, 2.24) is 0 Å². The number of hydrogen-bond acceptors (Lipinski definition) is 3. The Morgan fingerprint density at radius 2 is 1.58 bits per heavy atom. The van der Waals surface area contributed by atoms with Crippen molar-refractivity contribution in [2.24, 2.45) is 5.92 Å². The van der Waals surface area contributed by atoms with Gasteiger partial charge in [-0.25, -0.2) is 0 Å². The quantitative estimate of drug-likeness (QED) is 0.659. The van der Waals surface area contributed by atoms with Gasteiger partial charge in [0.1, 0.15) is 23.4 Å². The molecule has 3 rings (SSSR count). The number of aromatic hydroxyl groups is 2. The monoisotopic (exact) mass is 356 g/mol. The topological polar surface area (TPSA) is 49.7 Å². The van der Waals surface area contributed by atoms with Crippen molar-refractivity contribution < 1.29 is 14.9 Å². The molecule has 2 aromatic rings. The van der Waals surface area contributed by atoms with Crippen molar-refractivity contribution in [3.63, 3.8) is 0 Å². The van der Waals surface area contributed by atoms with Crippen molar-refractivity contribution in [3.05, 3.63) is 53.1 Å². The minimum atomic E-state index is -0.0239. The maximum atomic E-state index is 9.91. The van der Waals surface area contributed by atoms with E-state index in [1.165, 1.54) is 0 Å². The number of ether oxygens (including phenoxy) is 1. The lowest BCUT2D eigenvalue weighted by Crippen LogP contribution is -2.30. The van der Waals surface area contributed by atoms with Crippen molar-refractivity contribution in [3.8, 4) is 17.2 Å². The summed E-state index contributed by atoms with van der Waals surface area (Å²) in [4.78, 5) is 0. The van der Waals surface area contributed by atoms with Gasteiger partial charge in [-0.05, 0) is 67.1 Å². The Labute approximate surface area is 157 Å². The van der Waals surface area contributed by atoms with Crippen LogP contribution < -0.4 is 4.74 Å². The van der Waals surface area contributed by atoms with Gasteiger partial charge in [0.05, 0.1) is 0 Å². The highest BCUT2D eigenvalue weighted by Crippen LogP contribution is 2.50. The molecule has 3 heteroatoms. The molecule has 1 aliphatic heterocycles. The first-order valence-corrected chi connectivity index (χ1v) is 9.84. The molecule has 0 amide bonds. The summed E-state index contributed by atoms with van der Waals surface area (Å²) in [5.41, 5.74) is 3.31. The van der Waals surface area contributed by atoms with Crippen LogP contribution in [0.15, 0.2) is 36.4 Å². The minimum Gasteiger partial charge on any atom is -0.508 e. The Morgan fingerprint density at radius 3 is 2.19 bits per heavy atom. The van der Waals surface area contributed by atoms with Crippen LogP contribution in [0.1, 0.15) is 75.7 Å².